The molecule has 0 N–H and O–H groups in total. The predicted molar refractivity (Wildman–Crippen MR) is 109 cm³/mol. The van der Waals surface area contributed by atoms with Gasteiger partial charge in [0.05, 0.1) is 21.6 Å². The molecule has 0 atom stereocenters. The molecule has 1 saturated heterocycles. The summed E-state index contributed by atoms with van der Waals surface area (Å²) in [6.07, 6.45) is 3.26. The topological polar surface area (TPSA) is 55.8 Å². The molecule has 1 fully saturated rings. The van der Waals surface area contributed by atoms with Crippen LogP contribution in [0.4, 0.5) is 0 Å². The van der Waals surface area contributed by atoms with Gasteiger partial charge < -0.3 is 9.47 Å². The molecule has 1 aromatic rings. The largest absolute Gasteiger partial charge is 0.479 e. The van der Waals surface area contributed by atoms with Crippen LogP contribution in [0.15, 0.2) is 29.7 Å². The van der Waals surface area contributed by atoms with Crippen molar-refractivity contribution in [3.63, 3.8) is 0 Å². The first-order valence-electron chi connectivity index (χ1n) is 7.51. The van der Waals surface area contributed by atoms with E-state index in [4.69, 9.17) is 44.9 Å². The quantitative estimate of drug-likeness (QED) is 0.277. The van der Waals surface area contributed by atoms with E-state index in [0.717, 1.165) is 0 Å². The molecule has 0 unspecified atom stereocenters. The number of hydrogen-bond acceptors (Lipinski definition) is 6. The number of hydrogen-bond donors (Lipinski definition) is 0. The number of carbonyl (C=O) groups is 2. The number of esters is 1. The fourth-order valence-electron chi connectivity index (χ4n) is 2.07. The van der Waals surface area contributed by atoms with Crippen LogP contribution in [-0.2, 0) is 14.3 Å². The maximum Gasteiger partial charge on any atom is 0.344 e. The van der Waals surface area contributed by atoms with Crippen molar-refractivity contribution in [1.29, 1.82) is 0 Å². The second-order valence-electron chi connectivity index (χ2n) is 4.99. The summed E-state index contributed by atoms with van der Waals surface area (Å²) in [5, 5.41) is 0.434. The van der Waals surface area contributed by atoms with Crippen LogP contribution in [0.2, 0.25) is 10.0 Å². The van der Waals surface area contributed by atoms with Gasteiger partial charge in [-0.3, -0.25) is 9.69 Å². The highest BCUT2D eigenvalue weighted by molar-refractivity contribution is 8.26. The second-order valence-corrected chi connectivity index (χ2v) is 7.48. The Balaban J connectivity index is 2.19. The Kier molecular flexibility index (Phi) is 7.52. The van der Waals surface area contributed by atoms with Gasteiger partial charge in [-0.2, -0.15) is 0 Å². The van der Waals surface area contributed by atoms with E-state index in [9.17, 15) is 9.59 Å². The van der Waals surface area contributed by atoms with Gasteiger partial charge in [0.1, 0.15) is 4.32 Å². The Morgan fingerprint density at radius 2 is 2.04 bits per heavy atom. The normalized spacial score (nSPS) is 15.5. The van der Waals surface area contributed by atoms with Gasteiger partial charge in [-0.15, -0.1) is 6.58 Å². The van der Waals surface area contributed by atoms with Gasteiger partial charge in [0.2, 0.25) is 0 Å². The zero-order chi connectivity index (χ0) is 19.3. The number of benzene rings is 1. The van der Waals surface area contributed by atoms with E-state index < -0.39 is 5.97 Å². The third-order valence-corrected chi connectivity index (χ3v) is 5.08. The number of thioether (sulfide) groups is 1. The molecule has 0 bridgehead atoms. The molecule has 1 aliphatic rings. The van der Waals surface area contributed by atoms with E-state index in [2.05, 4.69) is 6.58 Å². The molecule has 138 valence electrons. The van der Waals surface area contributed by atoms with Crippen molar-refractivity contribution in [2.75, 3.05) is 19.8 Å². The molecule has 9 heteroatoms. The number of thiocarbonyl (C=S) groups is 1. The first kappa shape index (κ1) is 20.8. The van der Waals surface area contributed by atoms with E-state index in [-0.39, 0.29) is 34.9 Å². The lowest BCUT2D eigenvalue weighted by Gasteiger charge is -2.11. The molecule has 5 nitrogen and oxygen atoms in total. The number of nitrogens with zero attached hydrogens (tertiary/aromatic N) is 1. The molecule has 0 aliphatic carbocycles. The summed E-state index contributed by atoms with van der Waals surface area (Å²) in [4.78, 5) is 25.6. The van der Waals surface area contributed by atoms with Crippen molar-refractivity contribution in [2.24, 2.45) is 0 Å². The van der Waals surface area contributed by atoms with Gasteiger partial charge in [-0.1, -0.05) is 53.3 Å². The average Bonchev–Trinajstić information content (AvgIpc) is 2.82. The van der Waals surface area contributed by atoms with Crippen LogP contribution in [0, 0.1) is 0 Å². The van der Waals surface area contributed by atoms with Gasteiger partial charge in [-0.25, -0.2) is 4.79 Å². The van der Waals surface area contributed by atoms with Gasteiger partial charge in [-0.05, 0) is 30.7 Å². The smallest absolute Gasteiger partial charge is 0.344 e. The number of ether oxygens (including phenoxy) is 2. The average molecular weight is 432 g/mol. The number of rotatable bonds is 7. The molecule has 0 spiro atoms. The van der Waals surface area contributed by atoms with Crippen LogP contribution in [0.1, 0.15) is 12.5 Å². The first-order valence-corrected chi connectivity index (χ1v) is 9.49. The van der Waals surface area contributed by atoms with E-state index in [1.165, 1.54) is 16.7 Å². The summed E-state index contributed by atoms with van der Waals surface area (Å²) < 4.78 is 10.6. The number of amides is 1. The van der Waals surface area contributed by atoms with Crippen molar-refractivity contribution < 1.29 is 19.1 Å². The van der Waals surface area contributed by atoms with E-state index in [1.807, 2.05) is 0 Å². The lowest BCUT2D eigenvalue weighted by atomic mass is 10.2. The molecule has 2 rings (SSSR count). The fourth-order valence-corrected chi connectivity index (χ4v) is 3.96. The minimum Gasteiger partial charge on any atom is -0.479 e. The third kappa shape index (κ3) is 5.01. The molecule has 1 aliphatic heterocycles. The maximum atomic E-state index is 12.3. The summed E-state index contributed by atoms with van der Waals surface area (Å²) >= 11 is 18.8. The predicted octanol–water partition coefficient (Wildman–Crippen LogP) is 4.32. The molecule has 1 heterocycles. The van der Waals surface area contributed by atoms with Gasteiger partial charge in [0.25, 0.3) is 5.91 Å². The van der Waals surface area contributed by atoms with E-state index in [1.54, 1.807) is 31.2 Å². The summed E-state index contributed by atoms with van der Waals surface area (Å²) in [6, 6.07) is 3.18. The van der Waals surface area contributed by atoms with Crippen LogP contribution < -0.4 is 4.74 Å². The Morgan fingerprint density at radius 1 is 1.38 bits per heavy atom. The van der Waals surface area contributed by atoms with Crippen LogP contribution in [-0.4, -0.2) is 40.9 Å². The molecule has 0 aromatic heterocycles. The Morgan fingerprint density at radius 3 is 2.62 bits per heavy atom. The van der Waals surface area contributed by atoms with Crippen molar-refractivity contribution >= 4 is 69.5 Å². The number of halogens is 2. The van der Waals surface area contributed by atoms with E-state index >= 15 is 0 Å². The zero-order valence-corrected chi connectivity index (χ0v) is 16.9. The highest BCUT2D eigenvalue weighted by Crippen LogP contribution is 2.37. The number of carbonyl (C=O) groups excluding carboxylic acids is 2. The standard InChI is InChI=1S/C17H15Cl2NO4S2/c1-3-5-20-16(22)13(26-17(20)25)8-10-6-11(18)15(12(19)7-10)24-9-14(21)23-4-2/h3,6-8H,1,4-5,9H2,2H3/b13-8+. The van der Waals surface area contributed by atoms with Crippen LogP contribution in [0.3, 0.4) is 0 Å². The van der Waals surface area contributed by atoms with Crippen molar-refractivity contribution in [2.45, 2.75) is 6.92 Å². The Bertz CT molecular complexity index is 772. The SMILES string of the molecule is C=CCN1C(=O)/C(=C\c2cc(Cl)c(OCC(=O)OCC)c(Cl)c2)SC1=S. The fraction of sp³-hybridized carbons (Fsp3) is 0.235. The molecular formula is C17H15Cl2NO4S2. The van der Waals surface area contributed by atoms with Gasteiger partial charge in [0, 0.05) is 6.54 Å². The molecule has 1 amide bonds. The van der Waals surface area contributed by atoms with Gasteiger partial charge in [0.15, 0.2) is 12.4 Å². The molecule has 0 radical (unpaired) electrons. The molecule has 1 aromatic carbocycles. The molecule has 0 saturated carbocycles. The minimum atomic E-state index is -0.519. The molecular weight excluding hydrogens is 417 g/mol. The van der Waals surface area contributed by atoms with Crippen molar-refractivity contribution in [1.82, 2.24) is 4.90 Å². The highest BCUT2D eigenvalue weighted by Gasteiger charge is 2.31. The van der Waals surface area contributed by atoms with Crippen molar-refractivity contribution in [3.05, 3.63) is 45.3 Å². The summed E-state index contributed by atoms with van der Waals surface area (Å²) in [5.41, 5.74) is 0.614. The Hall–Kier alpha value is -1.54. The maximum absolute atomic E-state index is 12.3. The van der Waals surface area contributed by atoms with Crippen molar-refractivity contribution in [3.8, 4) is 5.75 Å². The third-order valence-electron chi connectivity index (χ3n) is 3.14. The van der Waals surface area contributed by atoms with Crippen LogP contribution >= 0.6 is 47.2 Å². The van der Waals surface area contributed by atoms with Crippen LogP contribution in [0.5, 0.6) is 5.75 Å². The lowest BCUT2D eigenvalue weighted by Crippen LogP contribution is -2.27. The highest BCUT2D eigenvalue weighted by atomic mass is 35.5. The van der Waals surface area contributed by atoms with Crippen LogP contribution in [0.25, 0.3) is 6.08 Å². The Labute approximate surface area is 170 Å². The first-order chi connectivity index (χ1) is 12.4. The summed E-state index contributed by atoms with van der Waals surface area (Å²) in [7, 11) is 0. The zero-order valence-electron chi connectivity index (χ0n) is 13.8. The summed E-state index contributed by atoms with van der Waals surface area (Å²) in [6.45, 7) is 5.62. The van der Waals surface area contributed by atoms with E-state index in [0.29, 0.717) is 21.3 Å². The monoisotopic (exact) mass is 431 g/mol. The molecule has 26 heavy (non-hydrogen) atoms. The second kappa shape index (κ2) is 9.41. The minimum absolute atomic E-state index is 0.178. The lowest BCUT2D eigenvalue weighted by molar-refractivity contribution is -0.145. The summed E-state index contributed by atoms with van der Waals surface area (Å²) in [5.74, 6) is -0.540. The van der Waals surface area contributed by atoms with Gasteiger partial charge >= 0.3 is 5.97 Å².